The highest BCUT2D eigenvalue weighted by molar-refractivity contribution is 6.35. The molecule has 0 radical (unpaired) electrons. The molecule has 1 fully saturated rings. The van der Waals surface area contributed by atoms with Crippen molar-refractivity contribution in [3.05, 3.63) is 46.2 Å². The Morgan fingerprint density at radius 3 is 2.70 bits per heavy atom. The first kappa shape index (κ1) is 13.5. The maximum absolute atomic E-state index is 11.7. The molecule has 0 aliphatic heterocycles. The van der Waals surface area contributed by atoms with Gasteiger partial charge in [-0.05, 0) is 25.0 Å². The molecule has 0 saturated heterocycles. The summed E-state index contributed by atoms with van der Waals surface area (Å²) in [5.74, 6) is 0.247. The standard InChI is InChI=1S/C14H13Cl2N3O/c15-12-2-1-3-13(16)11(12)8-19-7-10(6-17-19)18-14(20)9-4-5-9/h1-3,6-7,9H,4-5,8H2,(H,18,20). The third kappa shape index (κ3) is 2.97. The lowest BCUT2D eigenvalue weighted by molar-refractivity contribution is -0.117. The lowest BCUT2D eigenvalue weighted by Gasteiger charge is -2.06. The van der Waals surface area contributed by atoms with Crippen LogP contribution in [-0.4, -0.2) is 15.7 Å². The van der Waals surface area contributed by atoms with Crippen LogP contribution < -0.4 is 5.32 Å². The summed E-state index contributed by atoms with van der Waals surface area (Å²) in [6.07, 6.45) is 5.37. The van der Waals surface area contributed by atoms with Crippen molar-refractivity contribution in [3.63, 3.8) is 0 Å². The fourth-order valence-corrected chi connectivity index (χ4v) is 2.47. The molecular weight excluding hydrogens is 297 g/mol. The quantitative estimate of drug-likeness (QED) is 0.938. The van der Waals surface area contributed by atoms with Gasteiger partial charge in [0.05, 0.1) is 18.4 Å². The number of hydrogen-bond acceptors (Lipinski definition) is 2. The summed E-state index contributed by atoms with van der Waals surface area (Å²) in [4.78, 5) is 11.7. The van der Waals surface area contributed by atoms with Gasteiger partial charge >= 0.3 is 0 Å². The van der Waals surface area contributed by atoms with E-state index in [0.717, 1.165) is 18.4 Å². The predicted molar refractivity (Wildman–Crippen MR) is 79.1 cm³/mol. The number of anilines is 1. The molecule has 0 spiro atoms. The summed E-state index contributed by atoms with van der Waals surface area (Å²) < 4.78 is 1.70. The highest BCUT2D eigenvalue weighted by Gasteiger charge is 2.29. The van der Waals surface area contributed by atoms with Crippen molar-refractivity contribution in [1.29, 1.82) is 0 Å². The van der Waals surface area contributed by atoms with Gasteiger partial charge in [0.25, 0.3) is 0 Å². The van der Waals surface area contributed by atoms with Gasteiger partial charge in [-0.2, -0.15) is 5.10 Å². The summed E-state index contributed by atoms with van der Waals surface area (Å²) in [6.45, 7) is 0.470. The molecule has 1 saturated carbocycles. The topological polar surface area (TPSA) is 46.9 Å². The van der Waals surface area contributed by atoms with Crippen molar-refractivity contribution < 1.29 is 4.79 Å². The Morgan fingerprint density at radius 2 is 2.05 bits per heavy atom. The number of carbonyl (C=O) groups is 1. The maximum Gasteiger partial charge on any atom is 0.227 e. The van der Waals surface area contributed by atoms with Crippen LogP contribution in [0, 0.1) is 5.92 Å². The minimum atomic E-state index is 0.0697. The average Bonchev–Trinajstić information content (AvgIpc) is 3.17. The minimum Gasteiger partial charge on any atom is -0.323 e. The van der Waals surface area contributed by atoms with E-state index < -0.39 is 0 Å². The fourth-order valence-electron chi connectivity index (χ4n) is 1.95. The zero-order chi connectivity index (χ0) is 14.1. The lowest BCUT2D eigenvalue weighted by atomic mass is 10.2. The van der Waals surface area contributed by atoms with Gasteiger partial charge in [-0.1, -0.05) is 29.3 Å². The van der Waals surface area contributed by atoms with Crippen LogP contribution in [0.5, 0.6) is 0 Å². The van der Waals surface area contributed by atoms with Crippen LogP contribution in [0.2, 0.25) is 10.0 Å². The minimum absolute atomic E-state index is 0.0697. The van der Waals surface area contributed by atoms with Crippen LogP contribution in [-0.2, 0) is 11.3 Å². The van der Waals surface area contributed by atoms with Crippen molar-refractivity contribution >= 4 is 34.8 Å². The summed E-state index contributed by atoms with van der Waals surface area (Å²) >= 11 is 12.3. The summed E-state index contributed by atoms with van der Waals surface area (Å²) in [5.41, 5.74) is 1.52. The first-order valence-electron chi connectivity index (χ1n) is 6.39. The Morgan fingerprint density at radius 1 is 1.35 bits per heavy atom. The van der Waals surface area contributed by atoms with Crippen molar-refractivity contribution in [2.24, 2.45) is 5.92 Å². The van der Waals surface area contributed by atoms with Gasteiger partial charge in [0.1, 0.15) is 0 Å². The van der Waals surface area contributed by atoms with E-state index in [-0.39, 0.29) is 11.8 Å². The predicted octanol–water partition coefficient (Wildman–Crippen LogP) is 3.59. The lowest BCUT2D eigenvalue weighted by Crippen LogP contribution is -2.12. The number of carbonyl (C=O) groups excluding carboxylic acids is 1. The van der Waals surface area contributed by atoms with E-state index in [1.165, 1.54) is 0 Å². The summed E-state index contributed by atoms with van der Waals surface area (Å²) in [5, 5.41) is 8.28. The molecule has 104 valence electrons. The third-order valence-corrected chi connectivity index (χ3v) is 3.94. The van der Waals surface area contributed by atoms with Crippen LogP contribution in [0.1, 0.15) is 18.4 Å². The van der Waals surface area contributed by atoms with Gasteiger partial charge in [0, 0.05) is 27.7 Å². The van der Waals surface area contributed by atoms with E-state index in [0.29, 0.717) is 22.3 Å². The largest absolute Gasteiger partial charge is 0.323 e. The van der Waals surface area contributed by atoms with E-state index in [1.807, 2.05) is 0 Å². The van der Waals surface area contributed by atoms with Crippen LogP contribution in [0.3, 0.4) is 0 Å². The Bertz CT molecular complexity index is 629. The van der Waals surface area contributed by atoms with Gasteiger partial charge in [-0.25, -0.2) is 0 Å². The molecule has 1 aromatic heterocycles. The van der Waals surface area contributed by atoms with Crippen LogP contribution >= 0.6 is 23.2 Å². The van der Waals surface area contributed by atoms with Crippen LogP contribution in [0.15, 0.2) is 30.6 Å². The molecule has 3 rings (SSSR count). The number of amides is 1. The first-order chi connectivity index (χ1) is 9.63. The molecule has 1 aliphatic carbocycles. The number of rotatable bonds is 4. The molecule has 0 bridgehead atoms. The van der Waals surface area contributed by atoms with E-state index in [1.54, 1.807) is 35.3 Å². The maximum atomic E-state index is 11.7. The molecule has 0 unspecified atom stereocenters. The summed E-state index contributed by atoms with van der Waals surface area (Å²) in [7, 11) is 0. The Balaban J connectivity index is 1.72. The Kier molecular flexibility index (Phi) is 3.68. The van der Waals surface area contributed by atoms with Gasteiger partial charge in [0.15, 0.2) is 0 Å². The van der Waals surface area contributed by atoms with Gasteiger partial charge in [-0.15, -0.1) is 0 Å². The molecule has 20 heavy (non-hydrogen) atoms. The van der Waals surface area contributed by atoms with Crippen LogP contribution in [0.25, 0.3) is 0 Å². The number of aromatic nitrogens is 2. The highest BCUT2D eigenvalue weighted by Crippen LogP contribution is 2.30. The molecule has 1 amide bonds. The number of halogens is 2. The average molecular weight is 310 g/mol. The van der Waals surface area contributed by atoms with Gasteiger partial charge in [-0.3, -0.25) is 9.48 Å². The third-order valence-electron chi connectivity index (χ3n) is 3.23. The van der Waals surface area contributed by atoms with E-state index >= 15 is 0 Å². The van der Waals surface area contributed by atoms with E-state index in [2.05, 4.69) is 10.4 Å². The Hall–Kier alpha value is -1.52. The van der Waals surface area contributed by atoms with Crippen molar-refractivity contribution in [3.8, 4) is 0 Å². The zero-order valence-corrected chi connectivity index (χ0v) is 12.2. The van der Waals surface area contributed by atoms with Crippen LogP contribution in [0.4, 0.5) is 5.69 Å². The number of benzene rings is 1. The van der Waals surface area contributed by atoms with Crippen molar-refractivity contribution in [2.45, 2.75) is 19.4 Å². The number of nitrogens with one attached hydrogen (secondary N) is 1. The van der Waals surface area contributed by atoms with Crippen molar-refractivity contribution in [2.75, 3.05) is 5.32 Å². The second-order valence-electron chi connectivity index (χ2n) is 4.89. The number of nitrogens with zero attached hydrogens (tertiary/aromatic N) is 2. The smallest absolute Gasteiger partial charge is 0.227 e. The van der Waals surface area contributed by atoms with E-state index in [9.17, 15) is 4.79 Å². The molecule has 0 atom stereocenters. The van der Waals surface area contributed by atoms with E-state index in [4.69, 9.17) is 23.2 Å². The second kappa shape index (κ2) is 5.46. The fraction of sp³-hybridized carbons (Fsp3) is 0.286. The molecule has 4 nitrogen and oxygen atoms in total. The molecule has 1 heterocycles. The molecule has 1 aromatic carbocycles. The second-order valence-corrected chi connectivity index (χ2v) is 5.70. The van der Waals surface area contributed by atoms with Crippen molar-refractivity contribution in [1.82, 2.24) is 9.78 Å². The molecular formula is C14H13Cl2N3O. The molecule has 1 N–H and O–H groups in total. The van der Waals surface area contributed by atoms with Gasteiger partial charge in [0.2, 0.25) is 5.91 Å². The first-order valence-corrected chi connectivity index (χ1v) is 7.15. The SMILES string of the molecule is O=C(Nc1cnn(Cc2c(Cl)cccc2Cl)c1)C1CC1. The normalized spacial score (nSPS) is 14.3. The summed E-state index contributed by atoms with van der Waals surface area (Å²) in [6, 6.07) is 5.39. The molecule has 6 heteroatoms. The molecule has 1 aliphatic rings. The zero-order valence-electron chi connectivity index (χ0n) is 10.6. The van der Waals surface area contributed by atoms with Gasteiger partial charge < -0.3 is 5.32 Å². The monoisotopic (exact) mass is 309 g/mol. The number of hydrogen-bond donors (Lipinski definition) is 1. The Labute approximate surface area is 126 Å². The molecule has 2 aromatic rings. The highest BCUT2D eigenvalue weighted by atomic mass is 35.5.